The van der Waals surface area contributed by atoms with Gasteiger partial charge in [-0.2, -0.15) is 25.3 Å². The number of carbonyl (C=O) groups excluding carboxylic acids is 1. The molecule has 1 amide bonds. The molecule has 0 aliphatic rings. The first-order valence-electron chi connectivity index (χ1n) is 6.37. The largest absolute Gasteiger partial charge is 0.480 e. The van der Waals surface area contributed by atoms with Crippen LogP contribution < -0.4 is 5.32 Å². The molecule has 1 aromatic carbocycles. The molecule has 0 saturated carbocycles. The number of aliphatic carboxylic acids is 1. The molecule has 1 rings (SSSR count). The van der Waals surface area contributed by atoms with E-state index in [-0.39, 0.29) is 11.8 Å². The van der Waals surface area contributed by atoms with E-state index in [1.54, 1.807) is 0 Å². The van der Waals surface area contributed by atoms with Crippen molar-refractivity contribution < 1.29 is 14.7 Å². The minimum Gasteiger partial charge on any atom is -0.480 e. The summed E-state index contributed by atoms with van der Waals surface area (Å²) in [6.07, 6.45) is 0.845. The second-order valence-corrected chi connectivity index (χ2v) is 5.29. The van der Waals surface area contributed by atoms with Crippen LogP contribution in [0.2, 0.25) is 0 Å². The number of benzene rings is 1. The van der Waals surface area contributed by atoms with E-state index in [2.05, 4.69) is 30.6 Å². The van der Waals surface area contributed by atoms with Crippen LogP contribution in [0.15, 0.2) is 30.3 Å². The zero-order chi connectivity index (χ0) is 15.0. The van der Waals surface area contributed by atoms with Crippen molar-refractivity contribution in [1.82, 2.24) is 5.32 Å². The third-order valence-corrected chi connectivity index (χ3v) is 3.65. The molecule has 2 atom stereocenters. The Morgan fingerprint density at radius 1 is 1.20 bits per heavy atom. The highest BCUT2D eigenvalue weighted by atomic mass is 32.1. The van der Waals surface area contributed by atoms with Gasteiger partial charge in [0.25, 0.3) is 0 Å². The van der Waals surface area contributed by atoms with Gasteiger partial charge in [0.1, 0.15) is 6.04 Å². The summed E-state index contributed by atoms with van der Waals surface area (Å²) in [6, 6.07) is 8.70. The number of carboxylic acids is 1. The van der Waals surface area contributed by atoms with E-state index in [9.17, 15) is 9.59 Å². The van der Waals surface area contributed by atoms with Gasteiger partial charge in [-0.25, -0.2) is 4.79 Å². The lowest BCUT2D eigenvalue weighted by molar-refractivity contribution is -0.142. The molecule has 0 bridgehead atoms. The molecular weight excluding hydrogens is 294 g/mol. The van der Waals surface area contributed by atoms with Crippen LogP contribution in [-0.4, -0.2) is 34.5 Å². The Kier molecular flexibility index (Phi) is 7.54. The van der Waals surface area contributed by atoms with Crippen LogP contribution in [0.25, 0.3) is 0 Å². The van der Waals surface area contributed by atoms with Crippen LogP contribution in [-0.2, 0) is 16.0 Å². The van der Waals surface area contributed by atoms with Gasteiger partial charge in [0.2, 0.25) is 5.91 Å². The van der Waals surface area contributed by atoms with Gasteiger partial charge in [-0.05, 0) is 24.2 Å². The zero-order valence-corrected chi connectivity index (χ0v) is 12.8. The topological polar surface area (TPSA) is 66.4 Å². The number of nitrogens with one attached hydrogen (secondary N) is 1. The average molecular weight is 313 g/mol. The Morgan fingerprint density at radius 2 is 1.85 bits per heavy atom. The summed E-state index contributed by atoms with van der Waals surface area (Å²) in [5.41, 5.74) is 1.03. The summed E-state index contributed by atoms with van der Waals surface area (Å²) in [5.74, 6) is -0.888. The van der Waals surface area contributed by atoms with Crippen LogP contribution in [0.4, 0.5) is 0 Å². The van der Waals surface area contributed by atoms with E-state index in [1.807, 2.05) is 30.3 Å². The summed E-state index contributed by atoms with van der Waals surface area (Å²) < 4.78 is 0. The fourth-order valence-electron chi connectivity index (χ4n) is 1.81. The van der Waals surface area contributed by atoms with Gasteiger partial charge in [0.05, 0.1) is 5.92 Å². The van der Waals surface area contributed by atoms with Crippen molar-refractivity contribution in [3.63, 3.8) is 0 Å². The Bertz CT molecular complexity index is 439. The Balaban J connectivity index is 2.64. The maximum atomic E-state index is 12.1. The fourth-order valence-corrected chi connectivity index (χ4v) is 2.37. The number of carboxylic acid groups (broad SMARTS) is 1. The summed E-state index contributed by atoms with van der Waals surface area (Å²) in [5, 5.41) is 11.6. The predicted octanol–water partition coefficient (Wildman–Crippen LogP) is 1.66. The minimum absolute atomic E-state index is 0.280. The van der Waals surface area contributed by atoms with Crippen molar-refractivity contribution >= 4 is 37.1 Å². The molecule has 20 heavy (non-hydrogen) atoms. The Hall–Kier alpha value is -1.14. The quantitative estimate of drug-likeness (QED) is 0.552. The molecular formula is C14H19NO3S2. The van der Waals surface area contributed by atoms with Crippen LogP contribution in [0.1, 0.15) is 12.0 Å². The van der Waals surface area contributed by atoms with Crippen molar-refractivity contribution in [3.8, 4) is 0 Å². The van der Waals surface area contributed by atoms with Gasteiger partial charge >= 0.3 is 5.97 Å². The number of hydrogen-bond acceptors (Lipinski definition) is 4. The predicted molar refractivity (Wildman–Crippen MR) is 85.5 cm³/mol. The van der Waals surface area contributed by atoms with Crippen LogP contribution in [0.3, 0.4) is 0 Å². The number of amides is 1. The molecule has 0 heterocycles. The highest BCUT2D eigenvalue weighted by molar-refractivity contribution is 7.80. The molecule has 0 aromatic heterocycles. The highest BCUT2D eigenvalue weighted by Gasteiger charge is 2.24. The SMILES string of the molecule is O=C(N[C@@H](CCS)C(=O)O)[C@H](CS)Cc1ccccc1. The molecule has 0 spiro atoms. The summed E-state index contributed by atoms with van der Waals surface area (Å²) in [6.45, 7) is 0. The first-order valence-corrected chi connectivity index (χ1v) is 7.63. The molecule has 0 aliphatic heterocycles. The molecule has 110 valence electrons. The van der Waals surface area contributed by atoms with Crippen molar-refractivity contribution in [1.29, 1.82) is 0 Å². The van der Waals surface area contributed by atoms with Crippen LogP contribution in [0, 0.1) is 5.92 Å². The maximum Gasteiger partial charge on any atom is 0.326 e. The van der Waals surface area contributed by atoms with Gasteiger partial charge in [-0.1, -0.05) is 30.3 Å². The molecule has 0 fully saturated rings. The van der Waals surface area contributed by atoms with Crippen LogP contribution in [0.5, 0.6) is 0 Å². The second kappa shape index (κ2) is 8.92. The third-order valence-electron chi connectivity index (χ3n) is 2.95. The fraction of sp³-hybridized carbons (Fsp3) is 0.429. The van der Waals surface area contributed by atoms with Gasteiger partial charge < -0.3 is 10.4 Å². The summed E-state index contributed by atoms with van der Waals surface area (Å²) in [7, 11) is 0. The molecule has 0 aliphatic carbocycles. The normalized spacial score (nSPS) is 13.5. The van der Waals surface area contributed by atoms with Crippen molar-refractivity contribution in [2.24, 2.45) is 5.92 Å². The van der Waals surface area contributed by atoms with Gasteiger partial charge in [0, 0.05) is 5.75 Å². The zero-order valence-electron chi connectivity index (χ0n) is 11.0. The average Bonchev–Trinajstić information content (AvgIpc) is 2.45. The third kappa shape index (κ3) is 5.46. The molecule has 0 saturated heterocycles. The van der Waals surface area contributed by atoms with Crippen molar-refractivity contribution in [3.05, 3.63) is 35.9 Å². The monoisotopic (exact) mass is 313 g/mol. The molecule has 4 nitrogen and oxygen atoms in total. The van der Waals surface area contributed by atoms with E-state index in [0.717, 1.165) is 5.56 Å². The molecule has 6 heteroatoms. The second-order valence-electron chi connectivity index (χ2n) is 4.48. The smallest absolute Gasteiger partial charge is 0.326 e. The van der Waals surface area contributed by atoms with Gasteiger partial charge in [-0.3, -0.25) is 4.79 Å². The van der Waals surface area contributed by atoms with E-state index < -0.39 is 12.0 Å². The number of rotatable bonds is 8. The molecule has 0 unspecified atom stereocenters. The van der Waals surface area contributed by atoms with Gasteiger partial charge in [0.15, 0.2) is 0 Å². The van der Waals surface area contributed by atoms with Crippen molar-refractivity contribution in [2.75, 3.05) is 11.5 Å². The lowest BCUT2D eigenvalue weighted by Gasteiger charge is -2.18. The maximum absolute atomic E-state index is 12.1. The number of carbonyl (C=O) groups is 2. The highest BCUT2D eigenvalue weighted by Crippen LogP contribution is 2.11. The number of thiol groups is 2. The molecule has 0 radical (unpaired) electrons. The summed E-state index contributed by atoms with van der Waals surface area (Å²) >= 11 is 8.19. The van der Waals surface area contributed by atoms with E-state index in [0.29, 0.717) is 24.3 Å². The standard InChI is InChI=1S/C14H19NO3S2/c16-13(15-12(6-7-19)14(17)18)11(9-20)8-10-4-2-1-3-5-10/h1-5,11-12,19-20H,6-9H2,(H,15,16)(H,17,18)/t11-,12-/m0/s1. The first kappa shape index (κ1) is 16.9. The minimum atomic E-state index is -1.04. The summed E-state index contributed by atoms with van der Waals surface area (Å²) in [4.78, 5) is 23.1. The molecule has 2 N–H and O–H groups in total. The van der Waals surface area contributed by atoms with Gasteiger partial charge in [-0.15, -0.1) is 0 Å². The number of hydrogen-bond donors (Lipinski definition) is 4. The lowest BCUT2D eigenvalue weighted by Crippen LogP contribution is -2.44. The first-order chi connectivity index (χ1) is 9.58. The molecule has 1 aromatic rings. The Morgan fingerprint density at radius 3 is 2.35 bits per heavy atom. The lowest BCUT2D eigenvalue weighted by atomic mass is 9.99. The van der Waals surface area contributed by atoms with E-state index in [1.165, 1.54) is 0 Å². The Labute approximate surface area is 129 Å². The van der Waals surface area contributed by atoms with E-state index in [4.69, 9.17) is 5.11 Å². The van der Waals surface area contributed by atoms with Crippen LogP contribution >= 0.6 is 25.3 Å². The van der Waals surface area contributed by atoms with E-state index >= 15 is 0 Å². The van der Waals surface area contributed by atoms with Crippen molar-refractivity contribution in [2.45, 2.75) is 18.9 Å².